The van der Waals surface area contributed by atoms with Crippen molar-refractivity contribution in [3.05, 3.63) is 70.4 Å². The fourth-order valence-corrected chi connectivity index (χ4v) is 3.29. The zero-order chi connectivity index (χ0) is 19.3. The van der Waals surface area contributed by atoms with Crippen molar-refractivity contribution in [2.75, 3.05) is 0 Å². The summed E-state index contributed by atoms with van der Waals surface area (Å²) in [7, 11) is 0. The lowest BCUT2D eigenvalue weighted by Gasteiger charge is -2.12. The summed E-state index contributed by atoms with van der Waals surface area (Å²) in [5.41, 5.74) is 3.35. The topological polar surface area (TPSA) is 79.5 Å². The van der Waals surface area contributed by atoms with E-state index in [0.29, 0.717) is 16.5 Å². The molecule has 0 radical (unpaired) electrons. The molecule has 0 spiro atoms. The lowest BCUT2D eigenvalue weighted by Crippen LogP contribution is -2.33. The molecule has 0 fully saturated rings. The molecule has 0 unspecified atom stereocenters. The summed E-state index contributed by atoms with van der Waals surface area (Å²) in [6.07, 6.45) is 0. The van der Waals surface area contributed by atoms with Crippen LogP contribution in [-0.4, -0.2) is 27.8 Å². The molecule has 2 heterocycles. The number of fused-ring (bicyclic) bond motifs is 2. The van der Waals surface area contributed by atoms with Gasteiger partial charge in [-0.15, -0.1) is 0 Å². The van der Waals surface area contributed by atoms with Crippen LogP contribution in [0.15, 0.2) is 42.5 Å². The van der Waals surface area contributed by atoms with E-state index < -0.39 is 17.8 Å². The SMILES string of the molecule is Cc1c(C(=O)ON2C(=O)c3ccccc3C2=O)[nH]c2ccc(C(C)C)cc12. The number of aromatic amines is 1. The van der Waals surface area contributed by atoms with Crippen LogP contribution < -0.4 is 0 Å². The number of rotatable bonds is 3. The first-order chi connectivity index (χ1) is 12.9. The summed E-state index contributed by atoms with van der Waals surface area (Å²) in [4.78, 5) is 45.6. The third kappa shape index (κ3) is 2.61. The van der Waals surface area contributed by atoms with E-state index in [1.54, 1.807) is 12.1 Å². The second kappa shape index (κ2) is 6.09. The first-order valence-corrected chi connectivity index (χ1v) is 8.71. The molecule has 2 aromatic carbocycles. The lowest BCUT2D eigenvalue weighted by molar-refractivity contribution is -0.0588. The fourth-order valence-electron chi connectivity index (χ4n) is 3.29. The molecule has 0 aliphatic carbocycles. The smallest absolute Gasteiger partial charge is 0.349 e. The molecule has 136 valence electrons. The largest absolute Gasteiger partial charge is 0.380 e. The molecular formula is C21H18N2O4. The van der Waals surface area contributed by atoms with E-state index in [2.05, 4.69) is 18.8 Å². The maximum absolute atomic E-state index is 12.7. The van der Waals surface area contributed by atoms with Gasteiger partial charge in [-0.25, -0.2) is 4.79 Å². The number of aryl methyl sites for hydroxylation is 1. The molecule has 3 aromatic rings. The van der Waals surface area contributed by atoms with Crippen molar-refractivity contribution >= 4 is 28.7 Å². The van der Waals surface area contributed by atoms with Crippen LogP contribution in [0.2, 0.25) is 0 Å². The number of H-pyrrole nitrogens is 1. The molecule has 0 saturated carbocycles. The minimum atomic E-state index is -0.774. The van der Waals surface area contributed by atoms with Gasteiger partial charge in [-0.05, 0) is 48.2 Å². The molecule has 1 N–H and O–H groups in total. The van der Waals surface area contributed by atoms with Gasteiger partial charge in [0.2, 0.25) is 0 Å². The third-order valence-electron chi connectivity index (χ3n) is 4.88. The predicted octanol–water partition coefficient (Wildman–Crippen LogP) is 3.97. The van der Waals surface area contributed by atoms with Gasteiger partial charge in [-0.1, -0.05) is 37.1 Å². The number of hydrogen-bond donors (Lipinski definition) is 1. The second-order valence-corrected chi connectivity index (χ2v) is 6.91. The normalized spacial score (nSPS) is 13.6. The van der Waals surface area contributed by atoms with E-state index in [1.807, 2.05) is 25.1 Å². The highest BCUT2D eigenvalue weighted by atomic mass is 16.7. The second-order valence-electron chi connectivity index (χ2n) is 6.91. The number of carbonyl (C=O) groups excluding carboxylic acids is 3. The Labute approximate surface area is 155 Å². The Bertz CT molecular complexity index is 1080. The van der Waals surface area contributed by atoms with E-state index in [0.717, 1.165) is 16.5 Å². The summed E-state index contributed by atoms with van der Waals surface area (Å²) < 4.78 is 0. The van der Waals surface area contributed by atoms with Crippen LogP contribution in [0.25, 0.3) is 10.9 Å². The van der Waals surface area contributed by atoms with Gasteiger partial charge in [-0.2, -0.15) is 0 Å². The van der Waals surface area contributed by atoms with Crippen molar-refractivity contribution < 1.29 is 19.2 Å². The molecule has 4 rings (SSSR count). The van der Waals surface area contributed by atoms with E-state index >= 15 is 0 Å². The minimum Gasteiger partial charge on any atom is -0.349 e. The van der Waals surface area contributed by atoms with E-state index in [1.165, 1.54) is 12.1 Å². The van der Waals surface area contributed by atoms with Crippen molar-refractivity contribution in [3.63, 3.8) is 0 Å². The Morgan fingerprint density at radius 2 is 1.67 bits per heavy atom. The third-order valence-corrected chi connectivity index (χ3v) is 4.88. The minimum absolute atomic E-state index is 0.225. The van der Waals surface area contributed by atoms with Crippen molar-refractivity contribution in [1.82, 2.24) is 10.0 Å². The number of imide groups is 1. The van der Waals surface area contributed by atoms with E-state index in [4.69, 9.17) is 4.84 Å². The molecule has 0 saturated heterocycles. The van der Waals surface area contributed by atoms with E-state index in [-0.39, 0.29) is 16.8 Å². The van der Waals surface area contributed by atoms with E-state index in [9.17, 15) is 14.4 Å². The highest BCUT2D eigenvalue weighted by molar-refractivity contribution is 6.21. The van der Waals surface area contributed by atoms with Gasteiger partial charge in [-0.3, -0.25) is 9.59 Å². The van der Waals surface area contributed by atoms with Gasteiger partial charge in [0, 0.05) is 10.9 Å². The number of nitrogens with one attached hydrogen (secondary N) is 1. The first kappa shape index (κ1) is 17.0. The average molecular weight is 362 g/mol. The highest BCUT2D eigenvalue weighted by Gasteiger charge is 2.39. The molecule has 1 aliphatic heterocycles. The number of amides is 2. The van der Waals surface area contributed by atoms with Crippen LogP contribution in [0.4, 0.5) is 0 Å². The number of nitrogens with zero attached hydrogens (tertiary/aromatic N) is 1. The summed E-state index contributed by atoms with van der Waals surface area (Å²) in [5.74, 6) is -1.69. The summed E-state index contributed by atoms with van der Waals surface area (Å²) in [6.45, 7) is 6.00. The Morgan fingerprint density at radius 3 is 2.26 bits per heavy atom. The zero-order valence-corrected chi connectivity index (χ0v) is 15.2. The van der Waals surface area contributed by atoms with Crippen molar-refractivity contribution in [1.29, 1.82) is 0 Å². The Kier molecular flexibility index (Phi) is 3.84. The summed E-state index contributed by atoms with van der Waals surface area (Å²) in [5, 5.41) is 1.44. The molecule has 1 aliphatic rings. The van der Waals surface area contributed by atoms with Crippen LogP contribution >= 0.6 is 0 Å². The van der Waals surface area contributed by atoms with Gasteiger partial charge in [0.15, 0.2) is 0 Å². The molecule has 1 aromatic heterocycles. The maximum Gasteiger partial charge on any atom is 0.380 e. The Hall–Kier alpha value is -3.41. The molecule has 0 atom stereocenters. The van der Waals surface area contributed by atoms with Gasteiger partial charge < -0.3 is 9.82 Å². The monoisotopic (exact) mass is 362 g/mol. The molecular weight excluding hydrogens is 344 g/mol. The molecule has 6 nitrogen and oxygen atoms in total. The maximum atomic E-state index is 12.7. The van der Waals surface area contributed by atoms with Crippen LogP contribution in [0.5, 0.6) is 0 Å². The predicted molar refractivity (Wildman–Crippen MR) is 99.5 cm³/mol. The Morgan fingerprint density at radius 1 is 1.04 bits per heavy atom. The standard InChI is InChI=1S/C21H18N2O4/c1-11(2)13-8-9-17-16(10-13)12(3)18(22-17)21(26)27-23-19(24)14-6-4-5-7-15(14)20(23)25/h4-11,22H,1-3H3. The van der Waals surface area contributed by atoms with Crippen LogP contribution in [0.1, 0.15) is 62.1 Å². The summed E-state index contributed by atoms with van der Waals surface area (Å²) >= 11 is 0. The summed E-state index contributed by atoms with van der Waals surface area (Å²) in [6, 6.07) is 12.3. The number of aromatic nitrogens is 1. The van der Waals surface area contributed by atoms with Crippen LogP contribution in [0.3, 0.4) is 0 Å². The molecule has 27 heavy (non-hydrogen) atoms. The Balaban J connectivity index is 1.65. The average Bonchev–Trinajstić information content (AvgIpc) is 3.12. The zero-order valence-electron chi connectivity index (χ0n) is 15.2. The van der Waals surface area contributed by atoms with Crippen molar-refractivity contribution in [2.45, 2.75) is 26.7 Å². The van der Waals surface area contributed by atoms with Crippen molar-refractivity contribution in [3.8, 4) is 0 Å². The number of hydrogen-bond acceptors (Lipinski definition) is 4. The molecule has 0 bridgehead atoms. The number of benzene rings is 2. The van der Waals surface area contributed by atoms with Gasteiger partial charge in [0.1, 0.15) is 5.69 Å². The first-order valence-electron chi connectivity index (χ1n) is 8.71. The van der Waals surface area contributed by atoms with Gasteiger partial charge in [0.25, 0.3) is 11.8 Å². The van der Waals surface area contributed by atoms with Gasteiger partial charge >= 0.3 is 5.97 Å². The molecule has 2 amide bonds. The lowest BCUT2D eigenvalue weighted by atomic mass is 10.0. The highest BCUT2D eigenvalue weighted by Crippen LogP contribution is 2.28. The van der Waals surface area contributed by atoms with Gasteiger partial charge in [0.05, 0.1) is 11.1 Å². The number of hydroxylamine groups is 2. The van der Waals surface area contributed by atoms with Crippen LogP contribution in [-0.2, 0) is 4.84 Å². The van der Waals surface area contributed by atoms with Crippen LogP contribution in [0, 0.1) is 6.92 Å². The number of carbonyl (C=O) groups is 3. The van der Waals surface area contributed by atoms with Crippen molar-refractivity contribution in [2.24, 2.45) is 0 Å². The fraction of sp³-hybridized carbons (Fsp3) is 0.190. The molecule has 6 heteroatoms. The quantitative estimate of drug-likeness (QED) is 0.715.